The maximum atomic E-state index is 12.1. The van der Waals surface area contributed by atoms with Gasteiger partial charge in [0.05, 0.1) is 0 Å². The normalized spacial score (nSPS) is 12.7. The lowest BCUT2D eigenvalue weighted by Gasteiger charge is -2.11. The Kier molecular flexibility index (Phi) is 5.04. The first-order valence-electron chi connectivity index (χ1n) is 5.23. The van der Waals surface area contributed by atoms with E-state index in [-0.39, 0.29) is 10.8 Å². The molecule has 0 saturated carbocycles. The van der Waals surface area contributed by atoms with Gasteiger partial charge in [-0.1, -0.05) is 23.3 Å². The zero-order valence-corrected chi connectivity index (χ0v) is 10.5. The number of alkyl halides is 3. The Morgan fingerprint density at radius 3 is 2.56 bits per heavy atom. The molecule has 2 N–H and O–H groups in total. The Morgan fingerprint density at radius 1 is 1.39 bits per heavy atom. The highest BCUT2D eigenvalue weighted by molar-refractivity contribution is 6.30. The summed E-state index contributed by atoms with van der Waals surface area (Å²) in [5.74, 6) is -0.322. The van der Waals surface area contributed by atoms with Crippen LogP contribution in [0.15, 0.2) is 29.8 Å². The highest BCUT2D eigenvalue weighted by Gasteiger charge is 2.31. The molecule has 0 saturated heterocycles. The highest BCUT2D eigenvalue weighted by Crippen LogP contribution is 2.27. The summed E-state index contributed by atoms with van der Waals surface area (Å²) in [5, 5.41) is 0.194. The number of hydrogen-bond acceptors (Lipinski definition) is 2. The van der Waals surface area contributed by atoms with Crippen LogP contribution in [0.2, 0.25) is 5.02 Å². The Morgan fingerprint density at radius 2 is 2.06 bits per heavy atom. The molecule has 0 amide bonds. The number of allylic oxidation sites excluding steroid dienone is 1. The van der Waals surface area contributed by atoms with Gasteiger partial charge < -0.3 is 10.5 Å². The SMILES string of the molecule is C/C=C(\CN)Cc1cc(Cl)cc(OC(F)(F)F)c1. The highest BCUT2D eigenvalue weighted by atomic mass is 35.5. The van der Waals surface area contributed by atoms with Crippen molar-refractivity contribution in [3.8, 4) is 5.75 Å². The van der Waals surface area contributed by atoms with Crippen LogP contribution in [0.4, 0.5) is 13.2 Å². The molecule has 0 atom stereocenters. The fourth-order valence-corrected chi connectivity index (χ4v) is 1.72. The van der Waals surface area contributed by atoms with Gasteiger partial charge in [-0.25, -0.2) is 0 Å². The summed E-state index contributed by atoms with van der Waals surface area (Å²) >= 11 is 5.75. The van der Waals surface area contributed by atoms with Crippen LogP contribution in [-0.2, 0) is 6.42 Å². The van der Waals surface area contributed by atoms with Crippen LogP contribution in [0.5, 0.6) is 5.75 Å². The van der Waals surface area contributed by atoms with E-state index >= 15 is 0 Å². The van der Waals surface area contributed by atoms with Gasteiger partial charge in [-0.2, -0.15) is 0 Å². The third-order valence-electron chi connectivity index (χ3n) is 2.27. The van der Waals surface area contributed by atoms with Gasteiger partial charge in [-0.15, -0.1) is 13.2 Å². The molecule has 1 rings (SSSR count). The lowest BCUT2D eigenvalue weighted by atomic mass is 10.0. The van der Waals surface area contributed by atoms with Crippen LogP contribution >= 0.6 is 11.6 Å². The molecular formula is C12H13ClF3NO. The average Bonchev–Trinajstić information content (AvgIpc) is 2.22. The quantitative estimate of drug-likeness (QED) is 0.853. The van der Waals surface area contributed by atoms with Crippen molar-refractivity contribution in [1.29, 1.82) is 0 Å². The Labute approximate surface area is 108 Å². The second-order valence-electron chi connectivity index (χ2n) is 3.67. The van der Waals surface area contributed by atoms with E-state index in [1.54, 1.807) is 6.07 Å². The minimum absolute atomic E-state index is 0.194. The summed E-state index contributed by atoms with van der Waals surface area (Å²) in [5.41, 5.74) is 7.03. The molecule has 1 aromatic rings. The van der Waals surface area contributed by atoms with Crippen molar-refractivity contribution in [2.75, 3.05) is 6.54 Å². The number of rotatable bonds is 4. The molecule has 6 heteroatoms. The van der Waals surface area contributed by atoms with Crippen LogP contribution in [0, 0.1) is 0 Å². The van der Waals surface area contributed by atoms with Gasteiger partial charge in [-0.3, -0.25) is 0 Å². The van der Waals surface area contributed by atoms with Gasteiger partial charge in [-0.05, 0) is 37.1 Å². The van der Waals surface area contributed by atoms with Crippen molar-refractivity contribution in [2.24, 2.45) is 5.73 Å². The minimum Gasteiger partial charge on any atom is -0.406 e. The van der Waals surface area contributed by atoms with Crippen molar-refractivity contribution in [3.63, 3.8) is 0 Å². The lowest BCUT2D eigenvalue weighted by Crippen LogP contribution is -2.17. The first kappa shape index (κ1) is 14.9. The monoisotopic (exact) mass is 279 g/mol. The predicted molar refractivity (Wildman–Crippen MR) is 64.7 cm³/mol. The van der Waals surface area contributed by atoms with Gasteiger partial charge in [0.15, 0.2) is 0 Å². The molecule has 100 valence electrons. The number of halogens is 4. The van der Waals surface area contributed by atoms with E-state index in [4.69, 9.17) is 17.3 Å². The molecule has 0 heterocycles. The van der Waals surface area contributed by atoms with Crippen molar-refractivity contribution < 1.29 is 17.9 Å². The molecule has 0 aliphatic carbocycles. The molecule has 0 radical (unpaired) electrons. The van der Waals surface area contributed by atoms with Gasteiger partial charge >= 0.3 is 6.36 Å². The molecule has 0 aromatic heterocycles. The number of benzene rings is 1. The zero-order chi connectivity index (χ0) is 13.8. The van der Waals surface area contributed by atoms with E-state index in [0.717, 1.165) is 11.6 Å². The number of hydrogen-bond donors (Lipinski definition) is 1. The zero-order valence-electron chi connectivity index (χ0n) is 9.72. The average molecular weight is 280 g/mol. The van der Waals surface area contributed by atoms with Gasteiger partial charge in [0.1, 0.15) is 5.75 Å². The summed E-state index contributed by atoms with van der Waals surface area (Å²) in [4.78, 5) is 0. The molecule has 0 aliphatic heterocycles. The Hall–Kier alpha value is -1.20. The van der Waals surface area contributed by atoms with E-state index in [1.165, 1.54) is 6.07 Å². The first-order valence-corrected chi connectivity index (χ1v) is 5.61. The van der Waals surface area contributed by atoms with E-state index in [9.17, 15) is 13.2 Å². The maximum absolute atomic E-state index is 12.1. The van der Waals surface area contributed by atoms with Crippen LogP contribution in [-0.4, -0.2) is 12.9 Å². The van der Waals surface area contributed by atoms with Crippen molar-refractivity contribution in [2.45, 2.75) is 19.7 Å². The van der Waals surface area contributed by atoms with E-state index < -0.39 is 6.36 Å². The minimum atomic E-state index is -4.72. The van der Waals surface area contributed by atoms with E-state index in [1.807, 2.05) is 13.0 Å². The molecule has 0 bridgehead atoms. The van der Waals surface area contributed by atoms with Crippen LogP contribution in [0.3, 0.4) is 0 Å². The summed E-state index contributed by atoms with van der Waals surface area (Å²) in [6.45, 7) is 2.17. The maximum Gasteiger partial charge on any atom is 0.573 e. The summed E-state index contributed by atoms with van der Waals surface area (Å²) in [6.07, 6.45) is -2.45. The third kappa shape index (κ3) is 4.98. The number of nitrogens with two attached hydrogens (primary N) is 1. The lowest BCUT2D eigenvalue weighted by molar-refractivity contribution is -0.274. The molecule has 0 spiro atoms. The Balaban J connectivity index is 2.94. The standard InChI is InChI=1S/C12H13ClF3NO/c1-2-8(7-17)3-9-4-10(13)6-11(5-9)18-12(14,15)16/h2,4-6H,3,7,17H2,1H3/b8-2-. The Bertz CT molecular complexity index is 443. The van der Waals surface area contributed by atoms with Gasteiger partial charge in [0.2, 0.25) is 0 Å². The largest absolute Gasteiger partial charge is 0.573 e. The summed E-state index contributed by atoms with van der Waals surface area (Å²) < 4.78 is 40.1. The van der Waals surface area contributed by atoms with Gasteiger partial charge in [0, 0.05) is 11.6 Å². The van der Waals surface area contributed by atoms with Crippen LogP contribution in [0.25, 0.3) is 0 Å². The van der Waals surface area contributed by atoms with Crippen LogP contribution in [0.1, 0.15) is 12.5 Å². The molecule has 18 heavy (non-hydrogen) atoms. The summed E-state index contributed by atoms with van der Waals surface area (Å²) in [7, 11) is 0. The smallest absolute Gasteiger partial charge is 0.406 e. The molecule has 2 nitrogen and oxygen atoms in total. The van der Waals surface area contributed by atoms with Crippen LogP contribution < -0.4 is 10.5 Å². The number of ether oxygens (including phenoxy) is 1. The molecule has 0 unspecified atom stereocenters. The van der Waals surface area contributed by atoms with E-state index in [2.05, 4.69) is 4.74 Å². The van der Waals surface area contributed by atoms with Crippen molar-refractivity contribution in [3.05, 3.63) is 40.4 Å². The first-order chi connectivity index (χ1) is 8.34. The molecule has 0 aliphatic rings. The molecule has 1 aromatic carbocycles. The topological polar surface area (TPSA) is 35.2 Å². The molecule has 0 fully saturated rings. The van der Waals surface area contributed by atoms with E-state index in [0.29, 0.717) is 18.5 Å². The second-order valence-corrected chi connectivity index (χ2v) is 4.11. The second kappa shape index (κ2) is 6.11. The predicted octanol–water partition coefficient (Wildman–Crippen LogP) is 3.69. The third-order valence-corrected chi connectivity index (χ3v) is 2.48. The molecular weight excluding hydrogens is 267 g/mol. The van der Waals surface area contributed by atoms with Crippen molar-refractivity contribution >= 4 is 11.6 Å². The fraction of sp³-hybridized carbons (Fsp3) is 0.333. The summed E-state index contributed by atoms with van der Waals surface area (Å²) in [6, 6.07) is 4.01. The van der Waals surface area contributed by atoms with Gasteiger partial charge in [0.25, 0.3) is 0 Å². The van der Waals surface area contributed by atoms with Crippen molar-refractivity contribution in [1.82, 2.24) is 0 Å². The fourth-order valence-electron chi connectivity index (χ4n) is 1.47.